The van der Waals surface area contributed by atoms with E-state index in [-0.39, 0.29) is 35.7 Å². The topological polar surface area (TPSA) is 96.8 Å². The molecule has 1 N–H and O–H groups in total. The third-order valence-electron chi connectivity index (χ3n) is 6.37. The number of carbonyl (C=O) groups excluding carboxylic acids is 3. The molecule has 9 nitrogen and oxygen atoms in total. The minimum Gasteiger partial charge on any atom is -0.497 e. The summed E-state index contributed by atoms with van der Waals surface area (Å²) in [6, 6.07) is 7.44. The molecule has 2 aliphatic heterocycles. The number of imidazole rings is 1. The fourth-order valence-electron chi connectivity index (χ4n) is 4.52. The van der Waals surface area contributed by atoms with Gasteiger partial charge in [-0.15, -0.1) is 0 Å². The van der Waals surface area contributed by atoms with E-state index in [0.29, 0.717) is 26.2 Å². The van der Waals surface area contributed by atoms with E-state index in [0.717, 1.165) is 24.2 Å². The van der Waals surface area contributed by atoms with E-state index in [2.05, 4.69) is 10.3 Å². The summed E-state index contributed by atoms with van der Waals surface area (Å²) >= 11 is 0. The van der Waals surface area contributed by atoms with Gasteiger partial charge < -0.3 is 24.4 Å². The molecule has 9 heteroatoms. The molecule has 0 saturated carbocycles. The highest BCUT2D eigenvalue weighted by Gasteiger charge is 2.48. The normalized spacial score (nSPS) is 20.3. The van der Waals surface area contributed by atoms with Crippen molar-refractivity contribution in [2.24, 2.45) is 0 Å². The Morgan fingerprint density at radius 2 is 1.88 bits per heavy atom. The molecule has 1 saturated heterocycles. The Bertz CT molecular complexity index is 1030. The molecule has 2 aliphatic rings. The van der Waals surface area contributed by atoms with Gasteiger partial charge in [0.15, 0.2) is 5.69 Å². The first-order valence-electron chi connectivity index (χ1n) is 11.0. The molecule has 3 amide bonds. The Morgan fingerprint density at radius 3 is 2.50 bits per heavy atom. The van der Waals surface area contributed by atoms with Gasteiger partial charge in [-0.1, -0.05) is 12.1 Å². The molecular weight excluding hydrogens is 410 g/mol. The zero-order chi connectivity index (χ0) is 22.9. The summed E-state index contributed by atoms with van der Waals surface area (Å²) in [5, 5.41) is 2.95. The Labute approximate surface area is 187 Å². The minimum atomic E-state index is -1.10. The number of likely N-dealkylation sites (N-methyl/N-ethyl adjacent to an activating group) is 1. The number of hydrogen-bond acceptors (Lipinski definition) is 5. The van der Waals surface area contributed by atoms with Crippen molar-refractivity contribution in [3.8, 4) is 5.75 Å². The highest BCUT2D eigenvalue weighted by atomic mass is 16.5. The van der Waals surface area contributed by atoms with Gasteiger partial charge in [-0.3, -0.25) is 14.4 Å². The van der Waals surface area contributed by atoms with Crippen LogP contribution in [0.3, 0.4) is 0 Å². The number of benzene rings is 1. The number of hydrogen-bond donors (Lipinski definition) is 1. The molecule has 170 valence electrons. The van der Waals surface area contributed by atoms with E-state index in [1.165, 1.54) is 11.2 Å². The fraction of sp³-hybridized carbons (Fsp3) is 0.478. The molecule has 1 unspecified atom stereocenters. The minimum absolute atomic E-state index is 0.177. The van der Waals surface area contributed by atoms with Crippen LogP contribution in [0.15, 0.2) is 30.6 Å². The maximum absolute atomic E-state index is 13.4. The SMILES string of the molecule is CCN1C(=O)c2c(C(=O)N3CCCC3)ncn2CC1(C)C(=O)NCc1ccc(OC)cc1. The number of nitrogens with zero attached hydrogens (tertiary/aromatic N) is 4. The van der Waals surface area contributed by atoms with Crippen molar-refractivity contribution in [3.05, 3.63) is 47.5 Å². The molecule has 1 aromatic carbocycles. The van der Waals surface area contributed by atoms with Crippen LogP contribution in [0.5, 0.6) is 5.75 Å². The number of methoxy groups -OCH3 is 1. The number of carbonyl (C=O) groups is 3. The standard InChI is InChI=1S/C23H29N5O4/c1-4-28-21(30)19-18(20(29)26-11-5-6-12-26)25-15-27(19)14-23(28,2)22(31)24-13-16-7-9-17(32-3)10-8-16/h7-10,15H,4-6,11-14H2,1-3H3,(H,24,31). The van der Waals surface area contributed by atoms with Crippen molar-refractivity contribution >= 4 is 17.7 Å². The van der Waals surface area contributed by atoms with E-state index in [1.54, 1.807) is 23.5 Å². The Hall–Kier alpha value is -3.36. The molecule has 1 atom stereocenters. The third-order valence-corrected chi connectivity index (χ3v) is 6.37. The lowest BCUT2D eigenvalue weighted by atomic mass is 9.94. The number of nitrogens with one attached hydrogen (secondary N) is 1. The highest BCUT2D eigenvalue weighted by Crippen LogP contribution is 2.29. The van der Waals surface area contributed by atoms with Crippen molar-refractivity contribution < 1.29 is 19.1 Å². The summed E-state index contributed by atoms with van der Waals surface area (Å²) in [4.78, 5) is 47.1. The summed E-state index contributed by atoms with van der Waals surface area (Å²) in [6.07, 6.45) is 3.42. The van der Waals surface area contributed by atoms with Crippen LogP contribution in [-0.2, 0) is 17.9 Å². The number of ether oxygens (including phenoxy) is 1. The molecular formula is C23H29N5O4. The summed E-state index contributed by atoms with van der Waals surface area (Å²) in [6.45, 7) is 5.86. The maximum Gasteiger partial charge on any atom is 0.274 e. The van der Waals surface area contributed by atoms with Gasteiger partial charge in [0.25, 0.3) is 11.8 Å². The average Bonchev–Trinajstić information content (AvgIpc) is 3.48. The second-order valence-corrected chi connectivity index (χ2v) is 8.42. The highest BCUT2D eigenvalue weighted by molar-refractivity contribution is 6.07. The van der Waals surface area contributed by atoms with Crippen molar-refractivity contribution in [1.82, 2.24) is 24.7 Å². The molecule has 3 heterocycles. The monoisotopic (exact) mass is 439 g/mol. The average molecular weight is 440 g/mol. The number of aromatic nitrogens is 2. The number of rotatable bonds is 6. The molecule has 32 heavy (non-hydrogen) atoms. The van der Waals surface area contributed by atoms with Crippen LogP contribution in [0.4, 0.5) is 0 Å². The van der Waals surface area contributed by atoms with Crippen LogP contribution in [0.2, 0.25) is 0 Å². The Morgan fingerprint density at radius 1 is 1.19 bits per heavy atom. The zero-order valence-electron chi connectivity index (χ0n) is 18.8. The van der Waals surface area contributed by atoms with Crippen molar-refractivity contribution in [2.75, 3.05) is 26.7 Å². The Kier molecular flexibility index (Phi) is 5.90. The molecule has 0 bridgehead atoms. The van der Waals surface area contributed by atoms with Gasteiger partial charge in [-0.05, 0) is 44.4 Å². The third kappa shape index (κ3) is 3.72. The second-order valence-electron chi connectivity index (χ2n) is 8.42. The van der Waals surface area contributed by atoms with Crippen molar-refractivity contribution in [3.63, 3.8) is 0 Å². The van der Waals surface area contributed by atoms with E-state index in [4.69, 9.17) is 4.74 Å². The van der Waals surface area contributed by atoms with Gasteiger partial charge >= 0.3 is 0 Å². The fourth-order valence-corrected chi connectivity index (χ4v) is 4.52. The van der Waals surface area contributed by atoms with Gasteiger partial charge in [0.1, 0.15) is 17.0 Å². The largest absolute Gasteiger partial charge is 0.497 e. The number of amides is 3. The van der Waals surface area contributed by atoms with Gasteiger partial charge in [-0.2, -0.15) is 0 Å². The lowest BCUT2D eigenvalue weighted by molar-refractivity contribution is -0.132. The Balaban J connectivity index is 1.55. The van der Waals surface area contributed by atoms with Gasteiger partial charge in [0.2, 0.25) is 5.91 Å². The summed E-state index contributed by atoms with van der Waals surface area (Å²) in [5.74, 6) is -0.0709. The smallest absolute Gasteiger partial charge is 0.274 e. The van der Waals surface area contributed by atoms with Crippen LogP contribution >= 0.6 is 0 Å². The van der Waals surface area contributed by atoms with Crippen molar-refractivity contribution in [1.29, 1.82) is 0 Å². The van der Waals surface area contributed by atoms with E-state index >= 15 is 0 Å². The van der Waals surface area contributed by atoms with E-state index < -0.39 is 5.54 Å². The van der Waals surface area contributed by atoms with E-state index in [9.17, 15) is 14.4 Å². The predicted molar refractivity (Wildman–Crippen MR) is 117 cm³/mol. The first-order valence-corrected chi connectivity index (χ1v) is 11.0. The molecule has 0 radical (unpaired) electrons. The zero-order valence-corrected chi connectivity index (χ0v) is 18.8. The molecule has 4 rings (SSSR count). The molecule has 1 fully saturated rings. The summed E-state index contributed by atoms with van der Waals surface area (Å²) in [5.41, 5.74) is 0.273. The summed E-state index contributed by atoms with van der Waals surface area (Å²) < 4.78 is 6.81. The lowest BCUT2D eigenvalue weighted by Gasteiger charge is -2.43. The molecule has 1 aromatic heterocycles. The van der Waals surface area contributed by atoms with Gasteiger partial charge in [-0.25, -0.2) is 4.98 Å². The number of likely N-dealkylation sites (tertiary alicyclic amines) is 1. The van der Waals surface area contributed by atoms with Crippen LogP contribution in [0.1, 0.15) is 53.2 Å². The molecule has 0 aliphatic carbocycles. The number of fused-ring (bicyclic) bond motifs is 1. The van der Waals surface area contributed by atoms with E-state index in [1.807, 2.05) is 31.2 Å². The van der Waals surface area contributed by atoms with Crippen LogP contribution < -0.4 is 10.1 Å². The molecule has 0 spiro atoms. The second kappa shape index (κ2) is 8.64. The summed E-state index contributed by atoms with van der Waals surface area (Å²) in [7, 11) is 1.60. The quantitative estimate of drug-likeness (QED) is 0.739. The first kappa shape index (κ1) is 21.9. The first-order chi connectivity index (χ1) is 15.4. The van der Waals surface area contributed by atoms with Crippen LogP contribution in [0.25, 0.3) is 0 Å². The van der Waals surface area contributed by atoms with Crippen LogP contribution in [0, 0.1) is 0 Å². The van der Waals surface area contributed by atoms with Crippen molar-refractivity contribution in [2.45, 2.75) is 45.3 Å². The van der Waals surface area contributed by atoms with Crippen LogP contribution in [-0.4, -0.2) is 69.4 Å². The predicted octanol–water partition coefficient (Wildman–Crippen LogP) is 1.68. The maximum atomic E-state index is 13.4. The van der Waals surface area contributed by atoms with Gasteiger partial charge in [0.05, 0.1) is 20.0 Å². The molecule has 2 aromatic rings. The lowest BCUT2D eigenvalue weighted by Crippen LogP contribution is -2.63. The van der Waals surface area contributed by atoms with Gasteiger partial charge in [0, 0.05) is 26.2 Å².